The minimum absolute atomic E-state index is 0.0220. The monoisotopic (exact) mass is 395 g/mol. The van der Waals surface area contributed by atoms with Crippen LogP contribution in [0.1, 0.15) is 23.2 Å². The molecule has 0 spiro atoms. The first-order valence-electron chi connectivity index (χ1n) is 8.45. The molecule has 9 heteroatoms. The number of rotatable bonds is 5. The minimum Gasteiger partial charge on any atom is -0.348 e. The van der Waals surface area contributed by atoms with E-state index < -0.39 is 26.6 Å². The van der Waals surface area contributed by atoms with Gasteiger partial charge in [0.05, 0.1) is 4.90 Å². The van der Waals surface area contributed by atoms with Gasteiger partial charge >= 0.3 is 0 Å². The van der Waals surface area contributed by atoms with Crippen LogP contribution in [0.15, 0.2) is 47.4 Å². The Balaban J connectivity index is 1.74. The molecule has 3 rings (SSSR count). The fraction of sp³-hybridized carbons (Fsp3) is 0.278. The number of nitrogens with one attached hydrogen (secondary N) is 3. The molecule has 6 nitrogen and oxygen atoms in total. The molecule has 0 aromatic heterocycles. The standard InChI is InChI=1S/C18H19F2N3O3S/c19-16-7-6-15(10-17(16)20)27(25,26)23-13-4-1-3-12(9-13)18(24)22-14-5-2-8-21-11-14/h1,3-4,6-7,9-10,14,21,23H,2,5,8,11H2,(H,22,24). The van der Waals surface area contributed by atoms with Gasteiger partial charge in [-0.05, 0) is 55.8 Å². The highest BCUT2D eigenvalue weighted by Crippen LogP contribution is 2.19. The summed E-state index contributed by atoms with van der Waals surface area (Å²) in [7, 11) is -4.12. The predicted molar refractivity (Wildman–Crippen MR) is 97.0 cm³/mol. The Labute approximate surface area is 156 Å². The third kappa shape index (κ3) is 4.81. The largest absolute Gasteiger partial charge is 0.348 e. The van der Waals surface area contributed by atoms with Crippen molar-refractivity contribution < 1.29 is 22.0 Å². The summed E-state index contributed by atoms with van der Waals surface area (Å²) in [5.74, 6) is -2.70. The second-order valence-corrected chi connectivity index (χ2v) is 7.96. The average molecular weight is 395 g/mol. The van der Waals surface area contributed by atoms with E-state index in [4.69, 9.17) is 0 Å². The Bertz CT molecular complexity index is 945. The smallest absolute Gasteiger partial charge is 0.261 e. The maximum Gasteiger partial charge on any atom is 0.261 e. The highest BCUT2D eigenvalue weighted by molar-refractivity contribution is 7.92. The van der Waals surface area contributed by atoms with E-state index in [2.05, 4.69) is 15.4 Å². The van der Waals surface area contributed by atoms with Gasteiger partial charge < -0.3 is 10.6 Å². The zero-order valence-electron chi connectivity index (χ0n) is 14.3. The molecule has 1 aliphatic rings. The Kier molecular flexibility index (Phi) is 5.71. The van der Waals surface area contributed by atoms with Crippen molar-refractivity contribution >= 4 is 21.6 Å². The second-order valence-electron chi connectivity index (χ2n) is 6.28. The summed E-state index contributed by atoms with van der Waals surface area (Å²) in [4.78, 5) is 12.0. The van der Waals surface area contributed by atoms with Gasteiger partial charge in [0.25, 0.3) is 15.9 Å². The van der Waals surface area contributed by atoms with Crippen molar-refractivity contribution in [2.45, 2.75) is 23.8 Å². The van der Waals surface area contributed by atoms with Gasteiger partial charge in [-0.25, -0.2) is 17.2 Å². The Morgan fingerprint density at radius 3 is 2.63 bits per heavy atom. The van der Waals surface area contributed by atoms with E-state index in [1.807, 2.05) is 0 Å². The molecule has 1 saturated heterocycles. The highest BCUT2D eigenvalue weighted by Gasteiger charge is 2.19. The van der Waals surface area contributed by atoms with Crippen molar-refractivity contribution in [3.63, 3.8) is 0 Å². The van der Waals surface area contributed by atoms with Gasteiger partial charge in [0.1, 0.15) is 0 Å². The quantitative estimate of drug-likeness (QED) is 0.725. The van der Waals surface area contributed by atoms with E-state index in [-0.39, 0.29) is 17.6 Å². The number of carbonyl (C=O) groups is 1. The Hall–Kier alpha value is -2.52. The molecule has 1 unspecified atom stereocenters. The van der Waals surface area contributed by atoms with Crippen molar-refractivity contribution in [2.75, 3.05) is 17.8 Å². The van der Waals surface area contributed by atoms with Crippen molar-refractivity contribution in [1.82, 2.24) is 10.6 Å². The van der Waals surface area contributed by atoms with Crippen LogP contribution >= 0.6 is 0 Å². The lowest BCUT2D eigenvalue weighted by atomic mass is 10.1. The van der Waals surface area contributed by atoms with Crippen molar-refractivity contribution in [1.29, 1.82) is 0 Å². The molecule has 1 heterocycles. The summed E-state index contributed by atoms with van der Waals surface area (Å²) in [5, 5.41) is 6.10. The first kappa shape index (κ1) is 19.2. The molecule has 1 amide bonds. The summed E-state index contributed by atoms with van der Waals surface area (Å²) in [6.07, 6.45) is 1.85. The number of anilines is 1. The molecule has 0 saturated carbocycles. The number of amides is 1. The number of benzene rings is 2. The van der Waals surface area contributed by atoms with Crippen LogP contribution in [0, 0.1) is 11.6 Å². The molecular formula is C18H19F2N3O3S. The maximum atomic E-state index is 13.3. The van der Waals surface area contributed by atoms with Crippen LogP contribution in [0.25, 0.3) is 0 Å². The summed E-state index contributed by atoms with van der Waals surface area (Å²) in [6.45, 7) is 1.61. The van der Waals surface area contributed by atoms with Crippen LogP contribution in [0.2, 0.25) is 0 Å². The minimum atomic E-state index is -4.12. The van der Waals surface area contributed by atoms with E-state index in [0.717, 1.165) is 31.5 Å². The molecule has 1 fully saturated rings. The van der Waals surface area contributed by atoms with Gasteiger partial charge in [-0.3, -0.25) is 9.52 Å². The number of sulfonamides is 1. The number of hydrogen-bond acceptors (Lipinski definition) is 4. The second kappa shape index (κ2) is 8.01. The van der Waals surface area contributed by atoms with Gasteiger partial charge in [-0.2, -0.15) is 0 Å². The van der Waals surface area contributed by atoms with Crippen LogP contribution in [0.5, 0.6) is 0 Å². The Morgan fingerprint density at radius 2 is 1.93 bits per heavy atom. The topological polar surface area (TPSA) is 87.3 Å². The summed E-state index contributed by atoms with van der Waals surface area (Å²) < 4.78 is 53.3. The summed E-state index contributed by atoms with van der Waals surface area (Å²) in [5.41, 5.74) is 0.445. The third-order valence-electron chi connectivity index (χ3n) is 4.21. The first-order chi connectivity index (χ1) is 12.8. The van der Waals surface area contributed by atoms with Crippen molar-refractivity contribution in [3.05, 3.63) is 59.7 Å². The molecule has 3 N–H and O–H groups in total. The fourth-order valence-corrected chi connectivity index (χ4v) is 3.89. The van der Waals surface area contributed by atoms with Gasteiger partial charge in [-0.1, -0.05) is 6.07 Å². The number of piperidine rings is 1. The van der Waals surface area contributed by atoms with Crippen molar-refractivity contribution in [2.24, 2.45) is 0 Å². The molecule has 0 radical (unpaired) electrons. The zero-order chi connectivity index (χ0) is 19.4. The zero-order valence-corrected chi connectivity index (χ0v) is 15.2. The van der Waals surface area contributed by atoms with Crippen LogP contribution in [-0.2, 0) is 10.0 Å². The molecule has 2 aromatic rings. The van der Waals surface area contributed by atoms with Crippen LogP contribution < -0.4 is 15.4 Å². The SMILES string of the molecule is O=C(NC1CCCNC1)c1cccc(NS(=O)(=O)c2ccc(F)c(F)c2)c1. The van der Waals surface area contributed by atoms with Gasteiger partial charge in [0, 0.05) is 23.8 Å². The van der Waals surface area contributed by atoms with E-state index in [9.17, 15) is 22.0 Å². The lowest BCUT2D eigenvalue weighted by Crippen LogP contribution is -2.45. The number of hydrogen-bond donors (Lipinski definition) is 3. The van der Waals surface area contributed by atoms with E-state index in [1.165, 1.54) is 18.2 Å². The van der Waals surface area contributed by atoms with Gasteiger partial charge in [-0.15, -0.1) is 0 Å². The molecule has 0 bridgehead atoms. The molecule has 1 atom stereocenters. The fourth-order valence-electron chi connectivity index (χ4n) is 2.83. The number of halogens is 2. The molecule has 144 valence electrons. The molecule has 0 aliphatic carbocycles. The maximum absolute atomic E-state index is 13.3. The van der Waals surface area contributed by atoms with E-state index >= 15 is 0 Å². The van der Waals surface area contributed by atoms with Crippen molar-refractivity contribution in [3.8, 4) is 0 Å². The normalized spacial score (nSPS) is 17.3. The third-order valence-corrected chi connectivity index (χ3v) is 5.59. The Morgan fingerprint density at radius 1 is 1.11 bits per heavy atom. The first-order valence-corrected chi connectivity index (χ1v) is 9.93. The molecule has 27 heavy (non-hydrogen) atoms. The van der Waals surface area contributed by atoms with Crippen LogP contribution in [0.4, 0.5) is 14.5 Å². The van der Waals surface area contributed by atoms with Gasteiger partial charge in [0.15, 0.2) is 11.6 Å². The lowest BCUT2D eigenvalue weighted by molar-refractivity contribution is 0.0930. The molecule has 2 aromatic carbocycles. The highest BCUT2D eigenvalue weighted by atomic mass is 32.2. The average Bonchev–Trinajstić information content (AvgIpc) is 2.64. The molecule has 1 aliphatic heterocycles. The summed E-state index contributed by atoms with van der Waals surface area (Å²) in [6, 6.07) is 8.30. The number of carbonyl (C=O) groups excluding carboxylic acids is 1. The van der Waals surface area contributed by atoms with Gasteiger partial charge in [0.2, 0.25) is 0 Å². The predicted octanol–water partition coefficient (Wildman–Crippen LogP) is 2.25. The van der Waals surface area contributed by atoms with Crippen LogP contribution in [0.3, 0.4) is 0 Å². The summed E-state index contributed by atoms with van der Waals surface area (Å²) >= 11 is 0. The molecular weight excluding hydrogens is 376 g/mol. The lowest BCUT2D eigenvalue weighted by Gasteiger charge is -2.23. The van der Waals surface area contributed by atoms with Crippen LogP contribution in [-0.4, -0.2) is 33.5 Å². The van der Waals surface area contributed by atoms with E-state index in [1.54, 1.807) is 6.07 Å². The van der Waals surface area contributed by atoms with E-state index in [0.29, 0.717) is 18.2 Å².